The molecule has 2 N–H and O–H groups in total. The highest BCUT2D eigenvalue weighted by Crippen LogP contribution is 2.52. The zero-order valence-electron chi connectivity index (χ0n) is 10.9. The second-order valence-corrected chi connectivity index (χ2v) is 6.90. The number of carbonyl (C=O) groups excluding carboxylic acids is 1. The van der Waals surface area contributed by atoms with E-state index < -0.39 is 0 Å². The van der Waals surface area contributed by atoms with Crippen molar-refractivity contribution in [2.24, 2.45) is 11.1 Å². The van der Waals surface area contributed by atoms with Gasteiger partial charge >= 0.3 is 5.97 Å². The van der Waals surface area contributed by atoms with E-state index in [2.05, 4.69) is 28.1 Å². The molecule has 0 aromatic heterocycles. The number of rotatable bonds is 6. The van der Waals surface area contributed by atoms with Crippen LogP contribution in [0.5, 0.6) is 0 Å². The van der Waals surface area contributed by atoms with Gasteiger partial charge in [-0.2, -0.15) is 0 Å². The quantitative estimate of drug-likeness (QED) is 0.635. The lowest BCUT2D eigenvalue weighted by Gasteiger charge is -2.13. The van der Waals surface area contributed by atoms with Crippen LogP contribution in [-0.2, 0) is 16.1 Å². The van der Waals surface area contributed by atoms with Gasteiger partial charge in [-0.15, -0.1) is 11.8 Å². The summed E-state index contributed by atoms with van der Waals surface area (Å²) in [7, 11) is 1.45. The molecule has 1 aliphatic rings. The zero-order valence-corrected chi connectivity index (χ0v) is 13.4. The van der Waals surface area contributed by atoms with Gasteiger partial charge in [0.1, 0.15) is 0 Å². The minimum absolute atomic E-state index is 0.0993. The smallest absolute Gasteiger partial charge is 0.306 e. The molecule has 0 heterocycles. The fourth-order valence-electron chi connectivity index (χ4n) is 1.95. The first-order chi connectivity index (χ1) is 9.08. The van der Waals surface area contributed by atoms with Crippen LogP contribution in [-0.4, -0.2) is 18.8 Å². The van der Waals surface area contributed by atoms with E-state index in [0.717, 1.165) is 28.6 Å². The summed E-state index contributed by atoms with van der Waals surface area (Å²) < 4.78 is 5.81. The molecule has 0 aliphatic heterocycles. The van der Waals surface area contributed by atoms with Gasteiger partial charge in [0, 0.05) is 21.7 Å². The Morgan fingerprint density at radius 1 is 1.53 bits per heavy atom. The standard InChI is InChI=1S/C14H18BrNO2S/c1-18-13(17)7-14(4-5-14)9-19-11-3-2-10(8-16)12(15)6-11/h2-3,6H,4-5,7-9,16H2,1H3. The van der Waals surface area contributed by atoms with Gasteiger partial charge in [0.25, 0.3) is 0 Å². The van der Waals surface area contributed by atoms with Crippen molar-refractivity contribution in [3.63, 3.8) is 0 Å². The van der Waals surface area contributed by atoms with Crippen molar-refractivity contribution in [1.82, 2.24) is 0 Å². The first-order valence-corrected chi connectivity index (χ1v) is 8.04. The van der Waals surface area contributed by atoms with E-state index in [1.165, 1.54) is 12.0 Å². The Kier molecular flexibility index (Phi) is 4.92. The third kappa shape index (κ3) is 3.97. The predicted octanol–water partition coefficient (Wildman–Crippen LogP) is 3.34. The normalized spacial score (nSPS) is 16.2. The van der Waals surface area contributed by atoms with Crippen LogP contribution in [0.2, 0.25) is 0 Å². The molecule has 19 heavy (non-hydrogen) atoms. The number of ether oxygens (including phenoxy) is 1. The van der Waals surface area contributed by atoms with Crippen LogP contribution in [0.1, 0.15) is 24.8 Å². The number of methoxy groups -OCH3 is 1. The number of carbonyl (C=O) groups is 1. The third-order valence-electron chi connectivity index (χ3n) is 3.49. The van der Waals surface area contributed by atoms with Gasteiger partial charge in [-0.1, -0.05) is 22.0 Å². The topological polar surface area (TPSA) is 52.3 Å². The van der Waals surface area contributed by atoms with Gasteiger partial charge < -0.3 is 10.5 Å². The van der Waals surface area contributed by atoms with Gasteiger partial charge in [-0.05, 0) is 36.0 Å². The molecule has 0 radical (unpaired) electrons. The Morgan fingerprint density at radius 3 is 2.79 bits per heavy atom. The van der Waals surface area contributed by atoms with Crippen molar-refractivity contribution in [2.45, 2.75) is 30.7 Å². The Bertz CT molecular complexity index is 475. The van der Waals surface area contributed by atoms with E-state index in [1.807, 2.05) is 6.07 Å². The minimum atomic E-state index is -0.0993. The zero-order chi connectivity index (χ0) is 13.9. The van der Waals surface area contributed by atoms with Crippen LogP contribution in [0, 0.1) is 5.41 Å². The van der Waals surface area contributed by atoms with Crippen LogP contribution in [0.4, 0.5) is 0 Å². The Labute approximate surface area is 126 Å². The van der Waals surface area contributed by atoms with E-state index in [-0.39, 0.29) is 11.4 Å². The first kappa shape index (κ1) is 14.9. The van der Waals surface area contributed by atoms with E-state index in [1.54, 1.807) is 11.8 Å². The van der Waals surface area contributed by atoms with E-state index in [0.29, 0.717) is 13.0 Å². The molecule has 3 nitrogen and oxygen atoms in total. The fraction of sp³-hybridized carbons (Fsp3) is 0.500. The molecule has 1 saturated carbocycles. The maximum Gasteiger partial charge on any atom is 0.306 e. The van der Waals surface area contributed by atoms with Crippen molar-refractivity contribution in [1.29, 1.82) is 0 Å². The maximum atomic E-state index is 11.4. The monoisotopic (exact) mass is 343 g/mol. The lowest BCUT2D eigenvalue weighted by atomic mass is 10.1. The first-order valence-electron chi connectivity index (χ1n) is 6.27. The van der Waals surface area contributed by atoms with Crippen molar-refractivity contribution in [3.05, 3.63) is 28.2 Å². The number of esters is 1. The molecule has 104 valence electrons. The molecule has 0 unspecified atom stereocenters. The van der Waals surface area contributed by atoms with Crippen molar-refractivity contribution in [2.75, 3.05) is 12.9 Å². The minimum Gasteiger partial charge on any atom is -0.469 e. The molecule has 2 rings (SSSR count). The average molecular weight is 344 g/mol. The maximum absolute atomic E-state index is 11.4. The summed E-state index contributed by atoms with van der Waals surface area (Å²) in [5, 5.41) is 0. The van der Waals surface area contributed by atoms with Gasteiger partial charge in [-0.25, -0.2) is 0 Å². The summed E-state index contributed by atoms with van der Waals surface area (Å²) in [6.07, 6.45) is 2.78. The molecule has 0 saturated heterocycles. The summed E-state index contributed by atoms with van der Waals surface area (Å²) in [5.41, 5.74) is 6.91. The van der Waals surface area contributed by atoms with Crippen molar-refractivity contribution >= 4 is 33.7 Å². The summed E-state index contributed by atoms with van der Waals surface area (Å²) >= 11 is 5.32. The van der Waals surface area contributed by atoms with Gasteiger partial charge in [0.2, 0.25) is 0 Å². The van der Waals surface area contributed by atoms with Gasteiger partial charge in [0.05, 0.1) is 13.5 Å². The second-order valence-electron chi connectivity index (χ2n) is 5.00. The molecule has 0 atom stereocenters. The Morgan fingerprint density at radius 2 is 2.26 bits per heavy atom. The van der Waals surface area contributed by atoms with Crippen LogP contribution in [0.25, 0.3) is 0 Å². The third-order valence-corrected chi connectivity index (χ3v) is 5.58. The lowest BCUT2D eigenvalue weighted by Crippen LogP contribution is -2.12. The fourth-order valence-corrected chi connectivity index (χ4v) is 3.87. The highest BCUT2D eigenvalue weighted by atomic mass is 79.9. The number of halogens is 1. The number of thioether (sulfide) groups is 1. The summed E-state index contributed by atoms with van der Waals surface area (Å²) in [6, 6.07) is 6.24. The largest absolute Gasteiger partial charge is 0.469 e. The number of hydrogen-bond donors (Lipinski definition) is 1. The molecule has 0 bridgehead atoms. The van der Waals surface area contributed by atoms with Crippen molar-refractivity contribution in [3.8, 4) is 0 Å². The molecule has 1 fully saturated rings. The van der Waals surface area contributed by atoms with Crippen LogP contribution >= 0.6 is 27.7 Å². The molecule has 5 heteroatoms. The molecule has 1 aliphatic carbocycles. The van der Waals surface area contributed by atoms with Gasteiger partial charge in [-0.3, -0.25) is 4.79 Å². The highest BCUT2D eigenvalue weighted by molar-refractivity contribution is 9.10. The second kappa shape index (κ2) is 6.29. The predicted molar refractivity (Wildman–Crippen MR) is 81.1 cm³/mol. The Hall–Kier alpha value is -0.520. The highest BCUT2D eigenvalue weighted by Gasteiger charge is 2.44. The van der Waals surface area contributed by atoms with Crippen LogP contribution in [0.3, 0.4) is 0 Å². The van der Waals surface area contributed by atoms with Crippen LogP contribution in [0.15, 0.2) is 27.6 Å². The summed E-state index contributed by atoms with van der Waals surface area (Å²) in [6.45, 7) is 0.539. The summed E-state index contributed by atoms with van der Waals surface area (Å²) in [4.78, 5) is 12.6. The molecule has 1 aromatic carbocycles. The lowest BCUT2D eigenvalue weighted by molar-refractivity contribution is -0.141. The molecule has 1 aromatic rings. The van der Waals surface area contributed by atoms with Gasteiger partial charge in [0.15, 0.2) is 0 Å². The molecule has 0 spiro atoms. The number of nitrogens with two attached hydrogens (primary N) is 1. The molecule has 0 amide bonds. The molecular formula is C14H18BrNO2S. The Balaban J connectivity index is 1.92. The van der Waals surface area contributed by atoms with Crippen molar-refractivity contribution < 1.29 is 9.53 Å². The van der Waals surface area contributed by atoms with E-state index >= 15 is 0 Å². The molecular weight excluding hydrogens is 326 g/mol. The van der Waals surface area contributed by atoms with E-state index in [4.69, 9.17) is 10.5 Å². The number of benzene rings is 1. The SMILES string of the molecule is COC(=O)CC1(CSc2ccc(CN)c(Br)c2)CC1. The average Bonchev–Trinajstić information content (AvgIpc) is 3.16. The van der Waals surface area contributed by atoms with Crippen LogP contribution < -0.4 is 5.73 Å². The number of hydrogen-bond acceptors (Lipinski definition) is 4. The summed E-state index contributed by atoms with van der Waals surface area (Å²) in [5.74, 6) is 0.869. The van der Waals surface area contributed by atoms with E-state index in [9.17, 15) is 4.79 Å².